The number of carbonyl (C=O) groups excluding carboxylic acids is 2. The highest BCUT2D eigenvalue weighted by Gasteiger charge is 2.14. The van der Waals surface area contributed by atoms with Crippen LogP contribution in [0.5, 0.6) is 11.5 Å². The van der Waals surface area contributed by atoms with E-state index >= 15 is 0 Å². The second kappa shape index (κ2) is 8.35. The Balaban J connectivity index is 2.23. The van der Waals surface area contributed by atoms with Crippen LogP contribution < -0.4 is 14.8 Å². The van der Waals surface area contributed by atoms with Crippen molar-refractivity contribution in [2.24, 2.45) is 0 Å². The lowest BCUT2D eigenvalue weighted by Crippen LogP contribution is -2.17. The summed E-state index contributed by atoms with van der Waals surface area (Å²) in [5, 5.41) is 2.88. The number of ketones is 1. The molecule has 0 unspecified atom stereocenters. The van der Waals surface area contributed by atoms with Gasteiger partial charge in [-0.05, 0) is 29.8 Å². The number of hydrogen-bond acceptors (Lipinski definition) is 4. The van der Waals surface area contributed by atoms with Crippen molar-refractivity contribution in [2.75, 3.05) is 21.3 Å². The van der Waals surface area contributed by atoms with Gasteiger partial charge in [0.05, 0.1) is 24.8 Å². The maximum Gasteiger partial charge on any atom is 0.251 e. The summed E-state index contributed by atoms with van der Waals surface area (Å²) < 4.78 is 10.3. The Morgan fingerprint density at radius 2 is 1.68 bits per heavy atom. The van der Waals surface area contributed by atoms with Crippen molar-refractivity contribution < 1.29 is 19.1 Å². The lowest BCUT2D eigenvalue weighted by atomic mass is 10.1. The van der Waals surface area contributed by atoms with Gasteiger partial charge in [-0.2, -0.15) is 0 Å². The van der Waals surface area contributed by atoms with E-state index in [0.29, 0.717) is 27.6 Å². The summed E-state index contributed by atoms with van der Waals surface area (Å²) >= 11 is 6.09. The summed E-state index contributed by atoms with van der Waals surface area (Å²) in [6.07, 6.45) is 3.09. The molecule has 0 aliphatic heterocycles. The molecule has 0 heterocycles. The number of hydrogen-bond donors (Lipinski definition) is 1. The lowest BCUT2D eigenvalue weighted by molar-refractivity contribution is 0.0962. The minimum absolute atomic E-state index is 0.163. The van der Waals surface area contributed by atoms with E-state index in [9.17, 15) is 9.59 Å². The number of amides is 1. The topological polar surface area (TPSA) is 64.6 Å². The summed E-state index contributed by atoms with van der Waals surface area (Å²) in [4.78, 5) is 24.0. The standard InChI is InChI=1S/C19H18ClNO4/c1-21-19(23)13-7-4-12(5-8-13)6-9-16(22)14-10-15(20)18(25-3)11-17(14)24-2/h4-11H,1-3H3,(H,21,23)/b9-6+. The van der Waals surface area contributed by atoms with E-state index in [-0.39, 0.29) is 11.7 Å². The van der Waals surface area contributed by atoms with Crippen LogP contribution >= 0.6 is 11.6 Å². The molecule has 1 amide bonds. The number of benzene rings is 2. The SMILES string of the molecule is CNC(=O)c1ccc(/C=C/C(=O)c2cc(Cl)c(OC)cc2OC)cc1. The van der Waals surface area contributed by atoms with Gasteiger partial charge in [0.15, 0.2) is 5.78 Å². The first-order valence-corrected chi connectivity index (χ1v) is 7.84. The molecule has 0 aliphatic rings. The molecule has 0 saturated heterocycles. The van der Waals surface area contributed by atoms with Gasteiger partial charge in [-0.15, -0.1) is 0 Å². The molecule has 5 nitrogen and oxygen atoms in total. The van der Waals surface area contributed by atoms with Crippen molar-refractivity contribution in [3.8, 4) is 11.5 Å². The third-order valence-corrected chi connectivity index (χ3v) is 3.86. The van der Waals surface area contributed by atoms with E-state index in [1.54, 1.807) is 43.5 Å². The average Bonchev–Trinajstić information content (AvgIpc) is 2.65. The molecule has 0 fully saturated rings. The van der Waals surface area contributed by atoms with Crippen LogP contribution in [0.25, 0.3) is 6.08 Å². The molecule has 25 heavy (non-hydrogen) atoms. The Labute approximate surface area is 151 Å². The van der Waals surface area contributed by atoms with E-state index in [1.165, 1.54) is 26.4 Å². The van der Waals surface area contributed by atoms with Gasteiger partial charge in [0.2, 0.25) is 0 Å². The molecule has 1 N–H and O–H groups in total. The second-order valence-corrected chi connectivity index (χ2v) is 5.49. The zero-order valence-corrected chi connectivity index (χ0v) is 14.9. The van der Waals surface area contributed by atoms with Crippen LogP contribution in [0.15, 0.2) is 42.5 Å². The van der Waals surface area contributed by atoms with E-state index in [4.69, 9.17) is 21.1 Å². The van der Waals surface area contributed by atoms with Crippen molar-refractivity contribution in [1.82, 2.24) is 5.32 Å². The quantitative estimate of drug-likeness (QED) is 0.632. The Morgan fingerprint density at radius 1 is 1.04 bits per heavy atom. The molecular formula is C19H18ClNO4. The fourth-order valence-corrected chi connectivity index (χ4v) is 2.45. The summed E-state index contributed by atoms with van der Waals surface area (Å²) in [6, 6.07) is 9.98. The first-order valence-electron chi connectivity index (χ1n) is 7.46. The maximum absolute atomic E-state index is 12.4. The van der Waals surface area contributed by atoms with Gasteiger partial charge < -0.3 is 14.8 Å². The van der Waals surface area contributed by atoms with Crippen LogP contribution in [0, 0.1) is 0 Å². The maximum atomic E-state index is 12.4. The minimum atomic E-state index is -0.253. The Hall–Kier alpha value is -2.79. The molecule has 0 spiro atoms. The van der Waals surface area contributed by atoms with Crippen LogP contribution in [-0.2, 0) is 0 Å². The fourth-order valence-electron chi connectivity index (χ4n) is 2.20. The van der Waals surface area contributed by atoms with Gasteiger partial charge in [0, 0.05) is 18.7 Å². The summed E-state index contributed by atoms with van der Waals surface area (Å²) in [6.45, 7) is 0. The van der Waals surface area contributed by atoms with Gasteiger partial charge in [0.25, 0.3) is 5.91 Å². The molecule has 2 aromatic rings. The Bertz CT molecular complexity index is 813. The normalized spacial score (nSPS) is 10.6. The van der Waals surface area contributed by atoms with Gasteiger partial charge in [-0.1, -0.05) is 29.8 Å². The number of carbonyl (C=O) groups is 2. The van der Waals surface area contributed by atoms with Gasteiger partial charge >= 0.3 is 0 Å². The third-order valence-electron chi connectivity index (χ3n) is 3.57. The van der Waals surface area contributed by atoms with E-state index in [0.717, 1.165) is 5.56 Å². The molecular weight excluding hydrogens is 342 g/mol. The number of nitrogens with one attached hydrogen (secondary N) is 1. The van der Waals surface area contributed by atoms with Crippen LogP contribution in [0.2, 0.25) is 5.02 Å². The molecule has 0 bridgehead atoms. The summed E-state index contributed by atoms with van der Waals surface area (Å²) in [7, 11) is 4.54. The molecule has 2 rings (SSSR count). The van der Waals surface area contributed by atoms with Crippen molar-refractivity contribution in [3.05, 3.63) is 64.2 Å². The van der Waals surface area contributed by atoms with Gasteiger partial charge in [-0.25, -0.2) is 0 Å². The van der Waals surface area contributed by atoms with Crippen LogP contribution in [0.3, 0.4) is 0 Å². The molecule has 0 radical (unpaired) electrons. The predicted molar refractivity (Wildman–Crippen MR) is 97.8 cm³/mol. The zero-order valence-electron chi connectivity index (χ0n) is 14.1. The molecule has 130 valence electrons. The summed E-state index contributed by atoms with van der Waals surface area (Å²) in [5.74, 6) is 0.399. The van der Waals surface area contributed by atoms with Crippen LogP contribution in [0.1, 0.15) is 26.3 Å². The monoisotopic (exact) mass is 359 g/mol. The first kappa shape index (κ1) is 18.5. The summed E-state index contributed by atoms with van der Waals surface area (Å²) in [5.41, 5.74) is 1.68. The number of rotatable bonds is 6. The van der Waals surface area contributed by atoms with Crippen molar-refractivity contribution in [2.45, 2.75) is 0 Å². The predicted octanol–water partition coefficient (Wildman–Crippen LogP) is 3.61. The minimum Gasteiger partial charge on any atom is -0.496 e. The number of ether oxygens (including phenoxy) is 2. The molecule has 0 aliphatic carbocycles. The van der Waals surface area contributed by atoms with E-state index in [1.807, 2.05) is 0 Å². The first-order chi connectivity index (χ1) is 12.0. The van der Waals surface area contributed by atoms with E-state index in [2.05, 4.69) is 5.32 Å². The fraction of sp³-hybridized carbons (Fsp3) is 0.158. The number of halogens is 1. The van der Waals surface area contributed by atoms with E-state index < -0.39 is 0 Å². The Kier molecular flexibility index (Phi) is 6.19. The lowest BCUT2D eigenvalue weighted by Gasteiger charge is -2.10. The van der Waals surface area contributed by atoms with Crippen molar-refractivity contribution in [3.63, 3.8) is 0 Å². The van der Waals surface area contributed by atoms with Crippen LogP contribution in [0.4, 0.5) is 0 Å². The van der Waals surface area contributed by atoms with Gasteiger partial charge in [-0.3, -0.25) is 9.59 Å². The van der Waals surface area contributed by atoms with Crippen LogP contribution in [-0.4, -0.2) is 33.0 Å². The molecule has 2 aromatic carbocycles. The highest BCUT2D eigenvalue weighted by atomic mass is 35.5. The smallest absolute Gasteiger partial charge is 0.251 e. The second-order valence-electron chi connectivity index (χ2n) is 5.09. The molecule has 6 heteroatoms. The van der Waals surface area contributed by atoms with Crippen molar-refractivity contribution >= 4 is 29.4 Å². The molecule has 0 atom stereocenters. The van der Waals surface area contributed by atoms with Crippen molar-refractivity contribution in [1.29, 1.82) is 0 Å². The highest BCUT2D eigenvalue weighted by Crippen LogP contribution is 2.33. The molecule has 0 saturated carbocycles. The van der Waals surface area contributed by atoms with Gasteiger partial charge in [0.1, 0.15) is 11.5 Å². The Morgan fingerprint density at radius 3 is 2.24 bits per heavy atom. The largest absolute Gasteiger partial charge is 0.496 e. The molecule has 0 aromatic heterocycles. The highest BCUT2D eigenvalue weighted by molar-refractivity contribution is 6.32. The number of allylic oxidation sites excluding steroid dienone is 1. The zero-order chi connectivity index (χ0) is 18.4. The number of methoxy groups -OCH3 is 2. The third kappa shape index (κ3) is 4.39. The average molecular weight is 360 g/mol.